The average molecular weight is 508 g/mol. The second kappa shape index (κ2) is 3.46. The number of carbonyl (C=O) groups excluding carboxylic acids is 1. The molecule has 7 unspecified atom stereocenters. The van der Waals surface area contributed by atoms with Gasteiger partial charge >= 0.3 is 0 Å². The predicted molar refractivity (Wildman–Crippen MR) is 58.0 cm³/mol. The Bertz CT molecular complexity index is 373. The van der Waals surface area contributed by atoms with Crippen LogP contribution in [0.3, 0.4) is 0 Å². The van der Waals surface area contributed by atoms with Gasteiger partial charge < -0.3 is 13.6 Å². The Morgan fingerprint density at radius 2 is 1.61 bits per heavy atom. The van der Waals surface area contributed by atoms with Gasteiger partial charge in [0.1, 0.15) is 0 Å². The van der Waals surface area contributed by atoms with Crippen LogP contribution in [0.15, 0.2) is 0 Å². The summed E-state index contributed by atoms with van der Waals surface area (Å²) < 4.78 is 25.0. The molecule has 4 saturated carbocycles. The molecular formula is C14H17F2OSg-. The Morgan fingerprint density at radius 1 is 0.944 bits per heavy atom. The van der Waals surface area contributed by atoms with Gasteiger partial charge in [-0.15, -0.1) is 0 Å². The molecule has 4 bridgehead atoms. The molecule has 0 aromatic heterocycles. The summed E-state index contributed by atoms with van der Waals surface area (Å²) in [6.07, 6.45) is 3.83. The molecule has 0 aromatic rings. The maximum atomic E-state index is 12.5. The Balaban J connectivity index is 0.000001000. The van der Waals surface area contributed by atoms with E-state index >= 15 is 0 Å². The molecule has 0 aromatic carbocycles. The zero-order valence-electron chi connectivity index (χ0n) is 10.4. The van der Waals surface area contributed by atoms with E-state index in [4.69, 9.17) is 0 Å². The predicted octanol–water partition coefficient (Wildman–Crippen LogP) is 3.30. The van der Waals surface area contributed by atoms with E-state index in [1.165, 1.54) is 19.3 Å². The molecule has 0 aliphatic heterocycles. The molecule has 7 atom stereocenters. The fourth-order valence-corrected chi connectivity index (χ4v) is 6.01. The van der Waals surface area contributed by atoms with E-state index in [2.05, 4.69) is 0 Å². The number of fused-ring (bicyclic) bond motifs is 9. The van der Waals surface area contributed by atoms with E-state index in [0.717, 1.165) is 30.6 Å². The minimum atomic E-state index is -1.96. The average Bonchev–Trinajstić information content (AvgIpc) is 3.04. The van der Waals surface area contributed by atoms with Crippen molar-refractivity contribution in [3.63, 3.8) is 0 Å². The van der Waals surface area contributed by atoms with Crippen LogP contribution in [-0.2, 0) is 4.79 Å². The van der Waals surface area contributed by atoms with Crippen molar-refractivity contribution in [2.75, 3.05) is 0 Å². The van der Waals surface area contributed by atoms with Crippen LogP contribution in [-0.4, -0.2) is 5.78 Å². The summed E-state index contributed by atoms with van der Waals surface area (Å²) in [4.78, 5) is 11.5. The molecule has 4 rings (SSSR count). The quantitative estimate of drug-likeness (QED) is 0.414. The van der Waals surface area contributed by atoms with Crippen molar-refractivity contribution in [2.24, 2.45) is 41.4 Å². The number of ketones is 1. The number of rotatable bonds is 2. The third kappa shape index (κ3) is 1.15. The Labute approximate surface area is 100.0 Å². The molecule has 1 nitrogen and oxygen atoms in total. The van der Waals surface area contributed by atoms with E-state index in [9.17, 15) is 13.6 Å². The molecule has 4 aliphatic carbocycles. The number of Topliss-reactive ketones (excluding diaryl/α,β-unsaturated/α-hetero) is 1. The molecule has 0 spiro atoms. The van der Waals surface area contributed by atoms with Crippen LogP contribution in [0.25, 0.3) is 0 Å². The fourth-order valence-electron chi connectivity index (χ4n) is 6.01. The van der Waals surface area contributed by atoms with Crippen molar-refractivity contribution in [1.29, 1.82) is 0 Å². The van der Waals surface area contributed by atoms with Crippen molar-refractivity contribution in [1.82, 2.24) is 0 Å². The molecule has 0 radical (unpaired) electrons. The largest absolute Gasteiger partial charge is 0.392 e. The van der Waals surface area contributed by atoms with E-state index in [1.807, 2.05) is 0 Å². The van der Waals surface area contributed by atoms with Crippen molar-refractivity contribution in [2.45, 2.75) is 32.1 Å². The van der Waals surface area contributed by atoms with Gasteiger partial charge in [-0.05, 0) is 73.5 Å². The molecule has 4 heteroatoms. The molecule has 4 fully saturated rings. The minimum absolute atomic E-state index is 0. The summed E-state index contributed by atoms with van der Waals surface area (Å²) >= 11 is 0. The number of hydrogen-bond acceptors (Lipinski definition) is 1. The van der Waals surface area contributed by atoms with E-state index < -0.39 is 12.2 Å². The van der Waals surface area contributed by atoms with E-state index in [1.54, 1.807) is 0 Å². The second-order valence-corrected chi connectivity index (χ2v) is 6.61. The summed E-state index contributed by atoms with van der Waals surface area (Å²) in [6.45, 7) is 0. The molecule has 0 amide bonds. The first-order chi connectivity index (χ1) is 8.16. The van der Waals surface area contributed by atoms with Crippen LogP contribution in [0.5, 0.6) is 0 Å². The third-order valence-corrected chi connectivity index (χ3v) is 6.26. The summed E-state index contributed by atoms with van der Waals surface area (Å²) in [7, 11) is 0. The van der Waals surface area contributed by atoms with Crippen LogP contribution in [0.1, 0.15) is 32.1 Å². The van der Waals surface area contributed by atoms with Gasteiger partial charge in [0.15, 0.2) is 0 Å². The number of halogens is 2. The Hall–Kier alpha value is -1.60. The van der Waals surface area contributed by atoms with Crippen molar-refractivity contribution in [3.05, 3.63) is 6.43 Å². The van der Waals surface area contributed by atoms with Gasteiger partial charge in [-0.2, -0.15) is 0 Å². The number of hydrogen-bond donors (Lipinski definition) is 0. The van der Waals surface area contributed by atoms with Gasteiger partial charge in [-0.3, -0.25) is 0 Å². The van der Waals surface area contributed by atoms with Gasteiger partial charge in [0.2, 0.25) is 0 Å². The van der Waals surface area contributed by atoms with Crippen molar-refractivity contribution in [3.8, 4) is 0 Å². The first-order valence-electron chi connectivity index (χ1n) is 6.89. The number of carbonyl (C=O) groups is 1. The third-order valence-electron chi connectivity index (χ3n) is 6.26. The van der Waals surface area contributed by atoms with Crippen LogP contribution in [0, 0.1) is 47.9 Å². The summed E-state index contributed by atoms with van der Waals surface area (Å²) in [6, 6.07) is 0. The second-order valence-electron chi connectivity index (χ2n) is 6.61. The van der Waals surface area contributed by atoms with Crippen molar-refractivity contribution >= 4 is 5.78 Å². The van der Waals surface area contributed by atoms with E-state index in [0.29, 0.717) is 17.8 Å². The molecular weight excluding hydrogens is 491 g/mol. The fraction of sp³-hybridized carbons (Fsp3) is 0.857. The van der Waals surface area contributed by atoms with Crippen LogP contribution in [0.2, 0.25) is 0 Å². The van der Waals surface area contributed by atoms with Gasteiger partial charge in [-0.25, -0.2) is 0 Å². The van der Waals surface area contributed by atoms with E-state index in [-0.39, 0.29) is 5.92 Å². The minimum Gasteiger partial charge on any atom is -0.392 e. The van der Waals surface area contributed by atoms with Gasteiger partial charge in [-0.1, -0.05) is 0 Å². The summed E-state index contributed by atoms with van der Waals surface area (Å²) in [5.41, 5.74) is 0. The van der Waals surface area contributed by atoms with Crippen molar-refractivity contribution < 1.29 is 13.6 Å². The van der Waals surface area contributed by atoms with Crippen LogP contribution >= 0.6 is 0 Å². The maximum Gasteiger partial charge on any atom is 0.0625 e. The van der Waals surface area contributed by atoms with Gasteiger partial charge in [0.25, 0.3) is 0 Å². The first-order valence-corrected chi connectivity index (χ1v) is 6.89. The normalized spacial score (nSPS) is 51.1. The van der Waals surface area contributed by atoms with Gasteiger partial charge in [0, 0.05) is 6.43 Å². The Morgan fingerprint density at radius 3 is 2.28 bits per heavy atom. The molecule has 96 valence electrons. The molecule has 18 heavy (non-hydrogen) atoms. The summed E-state index contributed by atoms with van der Waals surface area (Å²) in [5.74, 6) is 2.78. The molecule has 0 heterocycles. The standard InChI is InChI=1S/C14H17F2O.Sg/c15-14(16)13(17)10-5-8-4-9(10)12-7-2-1-6(3-7)11(8)12;/h6-12H,1-5H2;/q-1;. The topological polar surface area (TPSA) is 17.1 Å². The Kier molecular flexibility index (Phi) is 2.21. The SMILES string of the molecule is O=C([C-](F)F)C1CC2CC1C1C3CCC(C3)C21.[Sg]. The van der Waals surface area contributed by atoms with Crippen LogP contribution in [0.4, 0.5) is 8.78 Å². The molecule has 4 aliphatic rings. The smallest absolute Gasteiger partial charge is 0.0625 e. The van der Waals surface area contributed by atoms with Gasteiger partial charge in [0.05, 0.1) is 5.78 Å². The van der Waals surface area contributed by atoms with Crippen LogP contribution < -0.4 is 0 Å². The zero-order chi connectivity index (χ0) is 11.7. The summed E-state index contributed by atoms with van der Waals surface area (Å²) in [5, 5.41) is 0. The molecule has 0 N–H and O–H groups in total. The monoisotopic (exact) mass is 510 g/mol. The zero-order valence-corrected chi connectivity index (χ0v) is 16.9. The first kappa shape index (κ1) is 11.5. The molecule has 0 saturated heterocycles. The maximum absolute atomic E-state index is 12.5.